The number of hydrogen-bond donors (Lipinski definition) is 1. The van der Waals surface area contributed by atoms with Crippen molar-refractivity contribution < 1.29 is 4.84 Å². The fourth-order valence-corrected chi connectivity index (χ4v) is 1.25. The first kappa shape index (κ1) is 10.5. The number of rotatable bonds is 4. The Morgan fingerprint density at radius 2 is 2.31 bits per heavy atom. The van der Waals surface area contributed by atoms with E-state index in [1.165, 1.54) is 0 Å². The molecule has 1 unspecified atom stereocenters. The predicted octanol–water partition coefficient (Wildman–Crippen LogP) is 2.94. The summed E-state index contributed by atoms with van der Waals surface area (Å²) in [6, 6.07) is 7.90. The largest absolute Gasteiger partial charge is 0.302 e. The van der Waals surface area contributed by atoms with Crippen LogP contribution in [-0.2, 0) is 4.84 Å². The first-order valence-electron chi connectivity index (χ1n) is 4.36. The zero-order valence-electron chi connectivity index (χ0n) is 7.88. The average molecular weight is 200 g/mol. The first-order chi connectivity index (χ1) is 6.24. The van der Waals surface area contributed by atoms with Gasteiger partial charge in [0.1, 0.15) is 0 Å². The molecule has 0 aliphatic rings. The van der Waals surface area contributed by atoms with E-state index in [2.05, 4.69) is 5.48 Å². The van der Waals surface area contributed by atoms with Gasteiger partial charge in [0.2, 0.25) is 0 Å². The van der Waals surface area contributed by atoms with Crippen molar-refractivity contribution in [3.8, 4) is 0 Å². The number of hydrogen-bond acceptors (Lipinski definition) is 2. The van der Waals surface area contributed by atoms with E-state index in [1.807, 2.05) is 38.1 Å². The summed E-state index contributed by atoms with van der Waals surface area (Å²) in [6.45, 7) is 4.63. The van der Waals surface area contributed by atoms with Crippen molar-refractivity contribution in [2.45, 2.75) is 19.9 Å². The molecule has 0 aliphatic carbocycles. The van der Waals surface area contributed by atoms with Crippen LogP contribution in [0.2, 0.25) is 5.02 Å². The van der Waals surface area contributed by atoms with Gasteiger partial charge in [-0.1, -0.05) is 23.7 Å². The van der Waals surface area contributed by atoms with Gasteiger partial charge in [0, 0.05) is 5.02 Å². The van der Waals surface area contributed by atoms with Crippen LogP contribution in [0.1, 0.15) is 25.5 Å². The normalized spacial score (nSPS) is 12.8. The molecule has 0 aliphatic heterocycles. The molecule has 1 N–H and O–H groups in total. The van der Waals surface area contributed by atoms with Crippen molar-refractivity contribution in [1.82, 2.24) is 5.48 Å². The van der Waals surface area contributed by atoms with Crippen LogP contribution in [0.4, 0.5) is 0 Å². The van der Waals surface area contributed by atoms with E-state index in [0.29, 0.717) is 6.61 Å². The molecule has 0 saturated heterocycles. The molecular formula is C10H14ClNO. The third kappa shape index (κ3) is 3.35. The van der Waals surface area contributed by atoms with E-state index in [9.17, 15) is 0 Å². The maximum Gasteiger partial charge on any atom is 0.0654 e. The fraction of sp³-hybridized carbons (Fsp3) is 0.400. The van der Waals surface area contributed by atoms with Gasteiger partial charge in [-0.15, -0.1) is 0 Å². The van der Waals surface area contributed by atoms with Gasteiger partial charge in [-0.25, -0.2) is 0 Å². The van der Waals surface area contributed by atoms with Crippen molar-refractivity contribution in [3.05, 3.63) is 34.9 Å². The van der Waals surface area contributed by atoms with Crippen LogP contribution in [0.3, 0.4) is 0 Å². The Morgan fingerprint density at radius 1 is 1.54 bits per heavy atom. The molecular weight excluding hydrogens is 186 g/mol. The lowest BCUT2D eigenvalue weighted by molar-refractivity contribution is 0.0285. The highest BCUT2D eigenvalue weighted by molar-refractivity contribution is 6.30. The quantitative estimate of drug-likeness (QED) is 0.753. The Labute approximate surface area is 83.8 Å². The molecule has 72 valence electrons. The lowest BCUT2D eigenvalue weighted by Crippen LogP contribution is -2.18. The SMILES string of the molecule is CCONC(C)c1cccc(Cl)c1. The maximum absolute atomic E-state index is 5.85. The van der Waals surface area contributed by atoms with Gasteiger partial charge >= 0.3 is 0 Å². The molecule has 0 spiro atoms. The molecule has 1 atom stereocenters. The van der Waals surface area contributed by atoms with E-state index in [0.717, 1.165) is 10.6 Å². The Kier molecular flexibility index (Phi) is 4.22. The van der Waals surface area contributed by atoms with Crippen LogP contribution < -0.4 is 5.48 Å². The predicted molar refractivity (Wildman–Crippen MR) is 54.6 cm³/mol. The van der Waals surface area contributed by atoms with Crippen molar-refractivity contribution in [3.63, 3.8) is 0 Å². The van der Waals surface area contributed by atoms with Crippen molar-refractivity contribution >= 4 is 11.6 Å². The summed E-state index contributed by atoms with van der Waals surface area (Å²) in [5.41, 5.74) is 4.04. The van der Waals surface area contributed by atoms with E-state index < -0.39 is 0 Å². The molecule has 0 amide bonds. The third-order valence-corrected chi connectivity index (χ3v) is 1.99. The topological polar surface area (TPSA) is 21.3 Å². The molecule has 1 aromatic rings. The fourth-order valence-electron chi connectivity index (χ4n) is 1.05. The number of hydroxylamine groups is 1. The molecule has 0 saturated carbocycles. The highest BCUT2D eigenvalue weighted by Gasteiger charge is 2.03. The van der Waals surface area contributed by atoms with Gasteiger partial charge in [-0.2, -0.15) is 5.48 Å². The van der Waals surface area contributed by atoms with Gasteiger partial charge in [0.05, 0.1) is 12.6 Å². The smallest absolute Gasteiger partial charge is 0.0654 e. The van der Waals surface area contributed by atoms with Crippen molar-refractivity contribution in [2.24, 2.45) is 0 Å². The molecule has 3 heteroatoms. The molecule has 1 rings (SSSR count). The maximum atomic E-state index is 5.85. The molecule has 0 aromatic heterocycles. The second-order valence-corrected chi connectivity index (χ2v) is 3.26. The summed E-state index contributed by atoms with van der Waals surface area (Å²) in [4.78, 5) is 5.10. The summed E-state index contributed by atoms with van der Waals surface area (Å²) in [6.07, 6.45) is 0. The molecule has 0 heterocycles. The molecule has 0 fully saturated rings. The minimum Gasteiger partial charge on any atom is -0.302 e. The summed E-state index contributed by atoms with van der Waals surface area (Å²) in [7, 11) is 0. The molecule has 2 nitrogen and oxygen atoms in total. The third-order valence-electron chi connectivity index (χ3n) is 1.75. The van der Waals surface area contributed by atoms with Crippen molar-refractivity contribution in [1.29, 1.82) is 0 Å². The van der Waals surface area contributed by atoms with Gasteiger partial charge in [0.25, 0.3) is 0 Å². The van der Waals surface area contributed by atoms with Gasteiger partial charge in [-0.3, -0.25) is 0 Å². The standard InChI is InChI=1S/C10H14ClNO/c1-3-13-12-8(2)9-5-4-6-10(11)7-9/h4-8,12H,3H2,1-2H3. The van der Waals surface area contributed by atoms with Crippen LogP contribution in [0.15, 0.2) is 24.3 Å². The molecule has 0 radical (unpaired) electrons. The zero-order valence-corrected chi connectivity index (χ0v) is 8.64. The lowest BCUT2D eigenvalue weighted by Gasteiger charge is -2.13. The minimum absolute atomic E-state index is 0.165. The van der Waals surface area contributed by atoms with Crippen molar-refractivity contribution in [2.75, 3.05) is 6.61 Å². The average Bonchev–Trinajstić information content (AvgIpc) is 2.14. The molecule has 0 bridgehead atoms. The van der Waals surface area contributed by atoms with Gasteiger partial charge < -0.3 is 4.84 Å². The van der Waals surface area contributed by atoms with Crippen LogP contribution >= 0.6 is 11.6 Å². The van der Waals surface area contributed by atoms with Gasteiger partial charge in [0.15, 0.2) is 0 Å². The van der Waals surface area contributed by atoms with Crippen LogP contribution in [0.25, 0.3) is 0 Å². The van der Waals surface area contributed by atoms with E-state index >= 15 is 0 Å². The number of nitrogens with one attached hydrogen (secondary N) is 1. The Balaban J connectivity index is 2.60. The molecule has 1 aromatic carbocycles. The van der Waals surface area contributed by atoms with Crippen LogP contribution in [0.5, 0.6) is 0 Å². The van der Waals surface area contributed by atoms with Gasteiger partial charge in [-0.05, 0) is 31.5 Å². The summed E-state index contributed by atoms with van der Waals surface area (Å²) < 4.78 is 0. The minimum atomic E-state index is 0.165. The van der Waals surface area contributed by atoms with Crippen LogP contribution in [0, 0.1) is 0 Å². The Bertz CT molecular complexity index is 265. The Hall–Kier alpha value is -0.570. The summed E-state index contributed by atoms with van der Waals surface area (Å²) >= 11 is 5.85. The number of halogens is 1. The number of benzene rings is 1. The van der Waals surface area contributed by atoms with E-state index in [4.69, 9.17) is 16.4 Å². The van der Waals surface area contributed by atoms with E-state index in [1.54, 1.807) is 0 Å². The molecule has 13 heavy (non-hydrogen) atoms. The first-order valence-corrected chi connectivity index (χ1v) is 4.74. The summed E-state index contributed by atoms with van der Waals surface area (Å²) in [5.74, 6) is 0. The highest BCUT2D eigenvalue weighted by Crippen LogP contribution is 2.16. The second-order valence-electron chi connectivity index (χ2n) is 2.83. The summed E-state index contributed by atoms with van der Waals surface area (Å²) in [5, 5.41) is 0.752. The zero-order chi connectivity index (χ0) is 9.68. The van der Waals surface area contributed by atoms with E-state index in [-0.39, 0.29) is 6.04 Å². The van der Waals surface area contributed by atoms with Crippen LogP contribution in [-0.4, -0.2) is 6.61 Å². The second kappa shape index (κ2) is 5.22. The highest BCUT2D eigenvalue weighted by atomic mass is 35.5. The monoisotopic (exact) mass is 199 g/mol. The Morgan fingerprint density at radius 3 is 2.92 bits per heavy atom. The lowest BCUT2D eigenvalue weighted by atomic mass is 10.1.